The van der Waals surface area contributed by atoms with Gasteiger partial charge in [0.15, 0.2) is 0 Å². The van der Waals surface area contributed by atoms with Gasteiger partial charge in [0.2, 0.25) is 0 Å². The Hall–Kier alpha value is -0.0200. The average molecular weight is 238 g/mol. The molecule has 1 rings (SSSR count). The summed E-state index contributed by atoms with van der Waals surface area (Å²) in [5.74, 6) is 0.499. The molecular formula is C7H10BrClN2. The van der Waals surface area contributed by atoms with Crippen molar-refractivity contribution < 1.29 is 0 Å². The van der Waals surface area contributed by atoms with Gasteiger partial charge in [-0.15, -0.1) is 11.6 Å². The first-order valence-electron chi connectivity index (χ1n) is 3.44. The summed E-state index contributed by atoms with van der Waals surface area (Å²) in [6.45, 7) is 4.16. The van der Waals surface area contributed by atoms with Crippen molar-refractivity contribution in [3.05, 3.63) is 16.4 Å². The van der Waals surface area contributed by atoms with Gasteiger partial charge in [0.05, 0.1) is 22.2 Å². The van der Waals surface area contributed by atoms with E-state index in [4.69, 9.17) is 11.6 Å². The molecule has 0 aliphatic heterocycles. The van der Waals surface area contributed by atoms with Gasteiger partial charge in [0.1, 0.15) is 0 Å². The van der Waals surface area contributed by atoms with E-state index in [2.05, 4.69) is 34.9 Å². The molecule has 1 aromatic heterocycles. The Kier molecular flexibility index (Phi) is 2.96. The van der Waals surface area contributed by atoms with Gasteiger partial charge in [-0.25, -0.2) is 0 Å². The summed E-state index contributed by atoms with van der Waals surface area (Å²) < 4.78 is 2.90. The van der Waals surface area contributed by atoms with E-state index in [9.17, 15) is 0 Å². The Morgan fingerprint density at radius 2 is 2.36 bits per heavy atom. The van der Waals surface area contributed by atoms with Gasteiger partial charge in [-0.1, -0.05) is 0 Å². The number of aromatic nitrogens is 2. The SMILES string of the molecule is CC(C)n1ncc(Br)c1CCl. The highest BCUT2D eigenvalue weighted by Gasteiger charge is 2.08. The number of halogens is 2. The molecule has 0 bridgehead atoms. The van der Waals surface area contributed by atoms with Crippen molar-refractivity contribution in [1.82, 2.24) is 9.78 Å². The lowest BCUT2D eigenvalue weighted by Crippen LogP contribution is -2.05. The van der Waals surface area contributed by atoms with Crippen molar-refractivity contribution in [2.75, 3.05) is 0 Å². The quantitative estimate of drug-likeness (QED) is 0.723. The van der Waals surface area contributed by atoms with Crippen LogP contribution in [0.25, 0.3) is 0 Å². The number of alkyl halides is 1. The Morgan fingerprint density at radius 3 is 2.73 bits per heavy atom. The third-order valence-electron chi connectivity index (χ3n) is 1.46. The molecule has 0 radical (unpaired) electrons. The van der Waals surface area contributed by atoms with Gasteiger partial charge in [-0.05, 0) is 29.8 Å². The van der Waals surface area contributed by atoms with Crippen molar-refractivity contribution in [2.24, 2.45) is 0 Å². The summed E-state index contributed by atoms with van der Waals surface area (Å²) in [7, 11) is 0. The van der Waals surface area contributed by atoms with Gasteiger partial charge < -0.3 is 0 Å². The second kappa shape index (κ2) is 3.59. The molecule has 0 saturated heterocycles. The van der Waals surface area contributed by atoms with E-state index in [1.54, 1.807) is 6.20 Å². The van der Waals surface area contributed by atoms with Crippen LogP contribution in [0.4, 0.5) is 0 Å². The van der Waals surface area contributed by atoms with Crippen LogP contribution >= 0.6 is 27.5 Å². The molecule has 62 valence electrons. The maximum atomic E-state index is 5.73. The molecule has 11 heavy (non-hydrogen) atoms. The molecule has 0 fully saturated rings. The molecule has 0 aliphatic rings. The minimum atomic E-state index is 0.370. The molecule has 4 heteroatoms. The van der Waals surface area contributed by atoms with E-state index < -0.39 is 0 Å². The molecule has 0 aromatic carbocycles. The highest BCUT2D eigenvalue weighted by atomic mass is 79.9. The summed E-state index contributed by atoms with van der Waals surface area (Å²) in [5.41, 5.74) is 1.04. The van der Waals surface area contributed by atoms with Crippen LogP contribution < -0.4 is 0 Å². The first kappa shape index (κ1) is 9.07. The highest BCUT2D eigenvalue weighted by molar-refractivity contribution is 9.10. The first-order chi connectivity index (χ1) is 5.16. The second-order valence-corrected chi connectivity index (χ2v) is 3.73. The summed E-state index contributed by atoms with van der Waals surface area (Å²) in [4.78, 5) is 0. The number of hydrogen-bond acceptors (Lipinski definition) is 1. The molecule has 0 N–H and O–H groups in total. The summed E-state index contributed by atoms with van der Waals surface area (Å²) >= 11 is 9.11. The monoisotopic (exact) mass is 236 g/mol. The largest absolute Gasteiger partial charge is 0.265 e. The highest BCUT2D eigenvalue weighted by Crippen LogP contribution is 2.20. The molecule has 0 saturated carbocycles. The van der Waals surface area contributed by atoms with Crippen LogP contribution in [0.1, 0.15) is 25.6 Å². The van der Waals surface area contributed by atoms with Crippen LogP contribution in [-0.2, 0) is 5.88 Å². The normalized spacial score (nSPS) is 11.0. The average Bonchev–Trinajstić information content (AvgIpc) is 2.30. The van der Waals surface area contributed by atoms with E-state index in [-0.39, 0.29) is 0 Å². The van der Waals surface area contributed by atoms with Gasteiger partial charge in [-0.3, -0.25) is 4.68 Å². The summed E-state index contributed by atoms with van der Waals surface area (Å²) in [6.07, 6.45) is 1.78. The van der Waals surface area contributed by atoms with Gasteiger partial charge >= 0.3 is 0 Å². The molecule has 0 atom stereocenters. The molecule has 0 aliphatic carbocycles. The molecule has 1 aromatic rings. The minimum Gasteiger partial charge on any atom is -0.265 e. The Morgan fingerprint density at radius 1 is 1.73 bits per heavy atom. The van der Waals surface area contributed by atoms with E-state index in [0.717, 1.165) is 10.2 Å². The zero-order chi connectivity index (χ0) is 8.43. The lowest BCUT2D eigenvalue weighted by atomic mass is 10.4. The Balaban J connectivity index is 3.05. The zero-order valence-electron chi connectivity index (χ0n) is 6.51. The number of nitrogens with zero attached hydrogens (tertiary/aromatic N) is 2. The molecule has 2 nitrogen and oxygen atoms in total. The lowest BCUT2D eigenvalue weighted by molar-refractivity contribution is 0.517. The third-order valence-corrected chi connectivity index (χ3v) is 2.38. The standard InChI is InChI=1S/C7H10BrClN2/c1-5(2)11-7(3-9)6(8)4-10-11/h4-5H,3H2,1-2H3. The van der Waals surface area contributed by atoms with Crippen molar-refractivity contribution in [3.63, 3.8) is 0 Å². The van der Waals surface area contributed by atoms with Crippen LogP contribution in [-0.4, -0.2) is 9.78 Å². The Labute approximate surface area is 79.7 Å². The molecule has 0 unspecified atom stereocenters. The fourth-order valence-corrected chi connectivity index (χ4v) is 1.78. The predicted molar refractivity (Wildman–Crippen MR) is 49.9 cm³/mol. The molecule has 0 amide bonds. The van der Waals surface area contributed by atoms with Crippen LogP contribution in [0, 0.1) is 0 Å². The molecular weight excluding hydrogens is 227 g/mol. The predicted octanol–water partition coefficient (Wildman–Crippen LogP) is 2.97. The van der Waals surface area contributed by atoms with Crippen LogP contribution in [0.2, 0.25) is 0 Å². The lowest BCUT2D eigenvalue weighted by Gasteiger charge is -2.08. The smallest absolute Gasteiger partial charge is 0.0676 e. The number of rotatable bonds is 2. The molecule has 0 spiro atoms. The summed E-state index contributed by atoms with van der Waals surface area (Å²) in [6, 6.07) is 0.370. The zero-order valence-corrected chi connectivity index (χ0v) is 8.85. The van der Waals surface area contributed by atoms with E-state index in [1.807, 2.05) is 4.68 Å². The maximum Gasteiger partial charge on any atom is 0.0676 e. The molecule has 1 heterocycles. The fourth-order valence-electron chi connectivity index (χ4n) is 0.937. The van der Waals surface area contributed by atoms with Crippen molar-refractivity contribution >= 4 is 27.5 Å². The van der Waals surface area contributed by atoms with Crippen LogP contribution in [0.15, 0.2) is 10.7 Å². The third kappa shape index (κ3) is 1.76. The topological polar surface area (TPSA) is 17.8 Å². The van der Waals surface area contributed by atoms with Crippen LogP contribution in [0.5, 0.6) is 0 Å². The first-order valence-corrected chi connectivity index (χ1v) is 4.77. The summed E-state index contributed by atoms with van der Waals surface area (Å²) in [5, 5.41) is 4.17. The van der Waals surface area contributed by atoms with E-state index >= 15 is 0 Å². The van der Waals surface area contributed by atoms with Gasteiger partial charge in [0.25, 0.3) is 0 Å². The van der Waals surface area contributed by atoms with Gasteiger partial charge in [0, 0.05) is 6.04 Å². The minimum absolute atomic E-state index is 0.370. The second-order valence-electron chi connectivity index (χ2n) is 2.61. The fraction of sp³-hybridized carbons (Fsp3) is 0.571. The van der Waals surface area contributed by atoms with Crippen LogP contribution in [0.3, 0.4) is 0 Å². The van der Waals surface area contributed by atoms with E-state index in [0.29, 0.717) is 11.9 Å². The van der Waals surface area contributed by atoms with Gasteiger partial charge in [-0.2, -0.15) is 5.10 Å². The van der Waals surface area contributed by atoms with Crippen molar-refractivity contribution in [2.45, 2.75) is 25.8 Å². The maximum absolute atomic E-state index is 5.73. The van der Waals surface area contributed by atoms with Crippen molar-refractivity contribution in [3.8, 4) is 0 Å². The van der Waals surface area contributed by atoms with E-state index in [1.165, 1.54) is 0 Å². The Bertz CT molecular complexity index is 245. The van der Waals surface area contributed by atoms with Crippen molar-refractivity contribution in [1.29, 1.82) is 0 Å². The number of hydrogen-bond donors (Lipinski definition) is 0.